The molecule has 7 nitrogen and oxygen atoms in total. The van der Waals surface area contributed by atoms with Gasteiger partial charge < -0.3 is 10.1 Å². The van der Waals surface area contributed by atoms with Crippen molar-refractivity contribution in [1.29, 1.82) is 5.26 Å². The molecule has 0 saturated heterocycles. The normalized spacial score (nSPS) is 10.8. The minimum atomic E-state index is 0.457. The number of guanidine groups is 1. The standard InChI is InChI=1S/C11H16N6O/c1-13-11(15-9-12)14-5-3-7-18-8-10-4-2-6-16-17-10/h2,4,6H,3,5,7-8H2,1H3,(H2,13,14,15). The van der Waals surface area contributed by atoms with Crippen molar-refractivity contribution in [2.75, 3.05) is 20.2 Å². The van der Waals surface area contributed by atoms with Crippen LogP contribution in [0.4, 0.5) is 0 Å². The second-order valence-electron chi connectivity index (χ2n) is 3.36. The van der Waals surface area contributed by atoms with Crippen LogP contribution in [-0.2, 0) is 11.3 Å². The molecule has 1 aromatic rings. The van der Waals surface area contributed by atoms with E-state index in [-0.39, 0.29) is 0 Å². The molecule has 1 aromatic heterocycles. The molecule has 0 unspecified atom stereocenters. The van der Waals surface area contributed by atoms with E-state index >= 15 is 0 Å². The Morgan fingerprint density at radius 1 is 1.61 bits per heavy atom. The van der Waals surface area contributed by atoms with Gasteiger partial charge in [-0.3, -0.25) is 10.3 Å². The second-order valence-corrected chi connectivity index (χ2v) is 3.36. The van der Waals surface area contributed by atoms with E-state index in [1.807, 2.05) is 12.1 Å². The average Bonchev–Trinajstić information content (AvgIpc) is 2.42. The Kier molecular flexibility index (Phi) is 6.85. The molecule has 1 heterocycles. The van der Waals surface area contributed by atoms with Gasteiger partial charge in [0.05, 0.1) is 12.3 Å². The minimum Gasteiger partial charge on any atom is -0.375 e. The second kappa shape index (κ2) is 8.90. The average molecular weight is 248 g/mol. The lowest BCUT2D eigenvalue weighted by Gasteiger charge is -2.07. The summed E-state index contributed by atoms with van der Waals surface area (Å²) in [5.41, 5.74) is 0.812. The number of nitriles is 1. The van der Waals surface area contributed by atoms with E-state index in [1.54, 1.807) is 19.4 Å². The van der Waals surface area contributed by atoms with E-state index < -0.39 is 0 Å². The highest BCUT2D eigenvalue weighted by atomic mass is 16.5. The van der Waals surface area contributed by atoms with E-state index in [9.17, 15) is 0 Å². The van der Waals surface area contributed by atoms with Crippen LogP contribution in [0.25, 0.3) is 0 Å². The number of rotatable bonds is 6. The molecule has 0 aromatic carbocycles. The fourth-order valence-corrected chi connectivity index (χ4v) is 1.20. The van der Waals surface area contributed by atoms with Gasteiger partial charge in [-0.05, 0) is 18.6 Å². The number of aromatic nitrogens is 2. The van der Waals surface area contributed by atoms with Crippen LogP contribution in [-0.4, -0.2) is 36.4 Å². The summed E-state index contributed by atoms with van der Waals surface area (Å²) in [5.74, 6) is 0.464. The summed E-state index contributed by atoms with van der Waals surface area (Å²) < 4.78 is 5.43. The molecule has 96 valence electrons. The van der Waals surface area contributed by atoms with Gasteiger partial charge in [0.25, 0.3) is 0 Å². The SMILES string of the molecule is CN=C(NC#N)NCCCOCc1cccnn1. The van der Waals surface area contributed by atoms with Crippen LogP contribution in [0.1, 0.15) is 12.1 Å². The Balaban J connectivity index is 2.04. The van der Waals surface area contributed by atoms with E-state index in [0.717, 1.165) is 12.1 Å². The Labute approximate surface area is 106 Å². The summed E-state index contributed by atoms with van der Waals surface area (Å²) >= 11 is 0. The van der Waals surface area contributed by atoms with Gasteiger partial charge in [0.1, 0.15) is 0 Å². The smallest absolute Gasteiger partial charge is 0.204 e. The molecule has 1 rings (SSSR count). The number of nitrogens with zero attached hydrogens (tertiary/aromatic N) is 4. The van der Waals surface area contributed by atoms with Crippen molar-refractivity contribution in [3.8, 4) is 6.19 Å². The van der Waals surface area contributed by atoms with Crippen molar-refractivity contribution in [2.24, 2.45) is 4.99 Å². The van der Waals surface area contributed by atoms with Crippen LogP contribution in [0.3, 0.4) is 0 Å². The third-order valence-corrected chi connectivity index (χ3v) is 2.03. The summed E-state index contributed by atoms with van der Waals surface area (Å²) in [4.78, 5) is 3.86. The molecular weight excluding hydrogens is 232 g/mol. The molecule has 0 fully saturated rings. The molecule has 0 amide bonds. The molecule has 7 heteroatoms. The molecule has 2 N–H and O–H groups in total. The first-order valence-corrected chi connectivity index (χ1v) is 5.57. The van der Waals surface area contributed by atoms with E-state index in [0.29, 0.717) is 25.7 Å². The highest BCUT2D eigenvalue weighted by molar-refractivity contribution is 5.80. The predicted octanol–water partition coefficient (Wildman–Crippen LogP) is 0.0294. The van der Waals surface area contributed by atoms with Crippen LogP contribution < -0.4 is 10.6 Å². The Morgan fingerprint density at radius 3 is 3.17 bits per heavy atom. The summed E-state index contributed by atoms with van der Waals surface area (Å²) in [6, 6.07) is 3.69. The lowest BCUT2D eigenvalue weighted by Crippen LogP contribution is -2.35. The van der Waals surface area contributed by atoms with Crippen LogP contribution in [0.5, 0.6) is 0 Å². The number of hydrogen-bond donors (Lipinski definition) is 2. The van der Waals surface area contributed by atoms with Crippen LogP contribution in [0, 0.1) is 11.5 Å². The van der Waals surface area contributed by atoms with E-state index in [1.165, 1.54) is 0 Å². The Morgan fingerprint density at radius 2 is 2.50 bits per heavy atom. The summed E-state index contributed by atoms with van der Waals surface area (Å²) in [6.07, 6.45) is 4.24. The van der Waals surface area contributed by atoms with Crippen LogP contribution in [0.2, 0.25) is 0 Å². The Bertz CT molecular complexity index is 400. The monoisotopic (exact) mass is 248 g/mol. The van der Waals surface area contributed by atoms with E-state index in [2.05, 4.69) is 25.8 Å². The minimum absolute atomic E-state index is 0.457. The molecule has 0 radical (unpaired) electrons. The topological polar surface area (TPSA) is 95.2 Å². The maximum Gasteiger partial charge on any atom is 0.204 e. The zero-order valence-electron chi connectivity index (χ0n) is 10.3. The van der Waals surface area contributed by atoms with Crippen molar-refractivity contribution in [3.05, 3.63) is 24.0 Å². The van der Waals surface area contributed by atoms with Gasteiger partial charge in [-0.15, -0.1) is 0 Å². The third kappa shape index (κ3) is 5.77. The molecule has 0 spiro atoms. The summed E-state index contributed by atoms with van der Waals surface area (Å²) in [5, 5.41) is 21.5. The number of hydrogen-bond acceptors (Lipinski definition) is 5. The van der Waals surface area contributed by atoms with Gasteiger partial charge in [-0.2, -0.15) is 15.5 Å². The third-order valence-electron chi connectivity index (χ3n) is 2.03. The van der Waals surface area contributed by atoms with Gasteiger partial charge in [-0.25, -0.2) is 0 Å². The molecule has 0 bridgehead atoms. The lowest BCUT2D eigenvalue weighted by atomic mass is 10.4. The summed E-state index contributed by atoms with van der Waals surface area (Å²) in [6.45, 7) is 1.74. The van der Waals surface area contributed by atoms with Crippen molar-refractivity contribution >= 4 is 5.96 Å². The quantitative estimate of drug-likeness (QED) is 0.242. The maximum absolute atomic E-state index is 8.42. The molecule has 0 atom stereocenters. The van der Waals surface area contributed by atoms with Gasteiger partial charge in [0, 0.05) is 26.4 Å². The van der Waals surface area contributed by atoms with Crippen LogP contribution >= 0.6 is 0 Å². The van der Waals surface area contributed by atoms with Crippen molar-refractivity contribution < 1.29 is 4.74 Å². The molecule has 0 aliphatic rings. The van der Waals surface area contributed by atoms with Gasteiger partial charge in [0.15, 0.2) is 6.19 Å². The first kappa shape index (κ1) is 13.9. The zero-order chi connectivity index (χ0) is 13.1. The Hall–Kier alpha value is -2.20. The molecule has 0 aliphatic heterocycles. The van der Waals surface area contributed by atoms with Crippen molar-refractivity contribution in [3.63, 3.8) is 0 Å². The molecule has 18 heavy (non-hydrogen) atoms. The first-order chi connectivity index (χ1) is 8.86. The molecular formula is C11H16N6O. The first-order valence-electron chi connectivity index (χ1n) is 5.57. The highest BCUT2D eigenvalue weighted by Crippen LogP contribution is 1.94. The molecule has 0 saturated carbocycles. The predicted molar refractivity (Wildman–Crippen MR) is 66.4 cm³/mol. The summed E-state index contributed by atoms with van der Waals surface area (Å²) in [7, 11) is 1.61. The maximum atomic E-state index is 8.42. The fourth-order valence-electron chi connectivity index (χ4n) is 1.20. The largest absolute Gasteiger partial charge is 0.375 e. The number of aliphatic imine (C=N–C) groups is 1. The zero-order valence-corrected chi connectivity index (χ0v) is 10.3. The highest BCUT2D eigenvalue weighted by Gasteiger charge is 1.96. The lowest BCUT2D eigenvalue weighted by molar-refractivity contribution is 0.116. The number of ether oxygens (including phenoxy) is 1. The van der Waals surface area contributed by atoms with Crippen molar-refractivity contribution in [2.45, 2.75) is 13.0 Å². The van der Waals surface area contributed by atoms with Gasteiger partial charge in [-0.1, -0.05) is 0 Å². The van der Waals surface area contributed by atoms with Crippen LogP contribution in [0.15, 0.2) is 23.3 Å². The molecule has 0 aliphatic carbocycles. The van der Waals surface area contributed by atoms with Gasteiger partial charge in [0.2, 0.25) is 5.96 Å². The fraction of sp³-hybridized carbons (Fsp3) is 0.455. The number of nitrogens with one attached hydrogen (secondary N) is 2. The van der Waals surface area contributed by atoms with Gasteiger partial charge >= 0.3 is 0 Å². The van der Waals surface area contributed by atoms with E-state index in [4.69, 9.17) is 10.00 Å². The van der Waals surface area contributed by atoms with Crippen molar-refractivity contribution in [1.82, 2.24) is 20.8 Å².